The van der Waals surface area contributed by atoms with Gasteiger partial charge in [0.2, 0.25) is 10.0 Å². The minimum atomic E-state index is -3.59. The molecular weight excluding hydrogens is 242 g/mol. The minimum Gasteiger partial charge on any atom is -0.225 e. The van der Waals surface area contributed by atoms with Gasteiger partial charge in [-0.2, -0.15) is 0 Å². The highest BCUT2D eigenvalue weighted by molar-refractivity contribution is 7.89. The number of hydrogen-bond donors (Lipinski definition) is 1. The molecule has 0 radical (unpaired) electrons. The zero-order valence-electron chi connectivity index (χ0n) is 8.67. The van der Waals surface area contributed by atoms with E-state index in [1.165, 1.54) is 17.0 Å². The maximum Gasteiger partial charge on any atom is 0.238 e. The highest BCUT2D eigenvalue weighted by Crippen LogP contribution is 2.28. The summed E-state index contributed by atoms with van der Waals surface area (Å²) in [6, 6.07) is 10.6. The molecule has 1 heterocycles. The van der Waals surface area contributed by atoms with Crippen LogP contribution in [-0.2, 0) is 10.0 Å². The SMILES string of the molecule is Cc1ccc(-c2ccc(S(N)(=O)=O)cc2)s1. The molecule has 0 bridgehead atoms. The van der Waals surface area contributed by atoms with Crippen LogP contribution in [0.15, 0.2) is 41.3 Å². The average Bonchev–Trinajstić information content (AvgIpc) is 2.64. The van der Waals surface area contributed by atoms with Crippen LogP contribution in [0.1, 0.15) is 4.88 Å². The first-order chi connectivity index (χ1) is 7.47. The smallest absolute Gasteiger partial charge is 0.225 e. The van der Waals surface area contributed by atoms with Gasteiger partial charge in [-0.15, -0.1) is 11.3 Å². The summed E-state index contributed by atoms with van der Waals surface area (Å²) in [5.41, 5.74) is 1.01. The molecular formula is C11H11NO2S2. The van der Waals surface area contributed by atoms with Crippen LogP contribution in [0, 0.1) is 6.92 Å². The van der Waals surface area contributed by atoms with Crippen molar-refractivity contribution in [2.45, 2.75) is 11.8 Å². The van der Waals surface area contributed by atoms with Crippen LogP contribution in [0.4, 0.5) is 0 Å². The first-order valence-corrected chi connectivity index (χ1v) is 7.03. The number of sulfonamides is 1. The number of thiophene rings is 1. The molecule has 0 aliphatic rings. The maximum atomic E-state index is 11.1. The summed E-state index contributed by atoms with van der Waals surface area (Å²) in [4.78, 5) is 2.49. The Bertz CT molecular complexity index is 597. The van der Waals surface area contributed by atoms with Crippen LogP contribution in [0.3, 0.4) is 0 Å². The van der Waals surface area contributed by atoms with Crippen molar-refractivity contribution in [1.82, 2.24) is 0 Å². The number of aryl methyl sites for hydroxylation is 1. The van der Waals surface area contributed by atoms with Crippen molar-refractivity contribution in [2.24, 2.45) is 5.14 Å². The molecule has 2 rings (SSSR count). The monoisotopic (exact) mass is 253 g/mol. The number of benzene rings is 1. The van der Waals surface area contributed by atoms with E-state index in [1.54, 1.807) is 23.5 Å². The molecule has 0 spiro atoms. The van der Waals surface area contributed by atoms with E-state index >= 15 is 0 Å². The van der Waals surface area contributed by atoms with Gasteiger partial charge in [0.25, 0.3) is 0 Å². The fourth-order valence-electron chi connectivity index (χ4n) is 1.40. The van der Waals surface area contributed by atoms with Gasteiger partial charge < -0.3 is 0 Å². The molecule has 0 unspecified atom stereocenters. The van der Waals surface area contributed by atoms with E-state index in [1.807, 2.05) is 19.1 Å². The third kappa shape index (κ3) is 2.32. The van der Waals surface area contributed by atoms with Crippen LogP contribution in [-0.4, -0.2) is 8.42 Å². The molecule has 16 heavy (non-hydrogen) atoms. The van der Waals surface area contributed by atoms with Crippen molar-refractivity contribution in [3.8, 4) is 10.4 Å². The van der Waals surface area contributed by atoms with Crippen LogP contribution in [0.25, 0.3) is 10.4 Å². The Morgan fingerprint density at radius 2 is 1.69 bits per heavy atom. The summed E-state index contributed by atoms with van der Waals surface area (Å²) in [6.45, 7) is 2.03. The molecule has 0 saturated heterocycles. The van der Waals surface area contributed by atoms with Crippen LogP contribution in [0.2, 0.25) is 0 Å². The van der Waals surface area contributed by atoms with Gasteiger partial charge in [-0.25, -0.2) is 13.6 Å². The van der Waals surface area contributed by atoms with E-state index < -0.39 is 10.0 Å². The van der Waals surface area contributed by atoms with Gasteiger partial charge in [-0.1, -0.05) is 12.1 Å². The van der Waals surface area contributed by atoms with Gasteiger partial charge in [0.15, 0.2) is 0 Å². The Balaban J connectivity index is 2.40. The Morgan fingerprint density at radius 1 is 1.06 bits per heavy atom. The molecule has 1 aromatic carbocycles. The third-order valence-corrected chi connectivity index (χ3v) is 4.19. The standard InChI is InChI=1S/C11H11NO2S2/c1-8-2-7-11(15-8)9-3-5-10(6-4-9)16(12,13)14/h2-7H,1H3,(H2,12,13,14). The van der Waals surface area contributed by atoms with Gasteiger partial charge in [-0.05, 0) is 36.8 Å². The lowest BCUT2D eigenvalue weighted by Gasteiger charge is -2.00. The second-order valence-electron chi connectivity index (χ2n) is 3.48. The van der Waals surface area contributed by atoms with E-state index in [2.05, 4.69) is 0 Å². The number of hydrogen-bond acceptors (Lipinski definition) is 3. The van der Waals surface area contributed by atoms with Crippen molar-refractivity contribution in [3.63, 3.8) is 0 Å². The highest BCUT2D eigenvalue weighted by atomic mass is 32.2. The van der Waals surface area contributed by atoms with Crippen LogP contribution in [0.5, 0.6) is 0 Å². The number of rotatable bonds is 2. The quantitative estimate of drug-likeness (QED) is 0.893. The second-order valence-corrected chi connectivity index (χ2v) is 6.33. The van der Waals surface area contributed by atoms with Crippen molar-refractivity contribution >= 4 is 21.4 Å². The Labute approximate surface area is 98.6 Å². The van der Waals surface area contributed by atoms with E-state index in [-0.39, 0.29) is 4.90 Å². The molecule has 0 fully saturated rings. The molecule has 0 atom stereocenters. The second kappa shape index (κ2) is 4.01. The lowest BCUT2D eigenvalue weighted by atomic mass is 10.2. The fourth-order valence-corrected chi connectivity index (χ4v) is 2.79. The molecule has 5 heteroatoms. The van der Waals surface area contributed by atoms with Crippen molar-refractivity contribution in [2.75, 3.05) is 0 Å². The Kier molecular flexibility index (Phi) is 2.84. The molecule has 2 N–H and O–H groups in total. The third-order valence-electron chi connectivity index (χ3n) is 2.21. The van der Waals surface area contributed by atoms with Gasteiger partial charge in [0, 0.05) is 9.75 Å². The molecule has 0 aliphatic carbocycles. The molecule has 3 nitrogen and oxygen atoms in total. The summed E-state index contributed by atoms with van der Waals surface area (Å²) in [5, 5.41) is 5.02. The van der Waals surface area contributed by atoms with E-state index in [9.17, 15) is 8.42 Å². The van der Waals surface area contributed by atoms with Crippen molar-refractivity contribution in [3.05, 3.63) is 41.3 Å². The average molecular weight is 253 g/mol. The molecule has 84 valence electrons. The zero-order valence-corrected chi connectivity index (χ0v) is 10.3. The minimum absolute atomic E-state index is 0.143. The molecule has 2 aromatic rings. The first kappa shape index (κ1) is 11.3. The van der Waals surface area contributed by atoms with Gasteiger partial charge >= 0.3 is 0 Å². The zero-order chi connectivity index (χ0) is 11.8. The van der Waals surface area contributed by atoms with Crippen LogP contribution >= 0.6 is 11.3 Å². The van der Waals surface area contributed by atoms with Gasteiger partial charge in [0.05, 0.1) is 4.90 Å². The van der Waals surface area contributed by atoms with Crippen LogP contribution < -0.4 is 5.14 Å². The Hall–Kier alpha value is -1.17. The summed E-state index contributed by atoms with van der Waals surface area (Å²) >= 11 is 1.67. The summed E-state index contributed by atoms with van der Waals surface area (Å²) in [5.74, 6) is 0. The summed E-state index contributed by atoms with van der Waals surface area (Å²) in [7, 11) is -3.59. The van der Waals surface area contributed by atoms with E-state index in [0.717, 1.165) is 10.4 Å². The predicted octanol–water partition coefficient (Wildman–Crippen LogP) is 2.37. The van der Waals surface area contributed by atoms with Gasteiger partial charge in [0.1, 0.15) is 0 Å². The first-order valence-electron chi connectivity index (χ1n) is 4.66. The van der Waals surface area contributed by atoms with Gasteiger partial charge in [-0.3, -0.25) is 0 Å². The Morgan fingerprint density at radius 3 is 2.12 bits per heavy atom. The molecule has 0 amide bonds. The maximum absolute atomic E-state index is 11.1. The summed E-state index contributed by atoms with van der Waals surface area (Å²) in [6.07, 6.45) is 0. The normalized spacial score (nSPS) is 11.6. The highest BCUT2D eigenvalue weighted by Gasteiger charge is 2.07. The topological polar surface area (TPSA) is 60.2 Å². The van der Waals surface area contributed by atoms with Crippen molar-refractivity contribution in [1.29, 1.82) is 0 Å². The lowest BCUT2D eigenvalue weighted by molar-refractivity contribution is 0.598. The fraction of sp³-hybridized carbons (Fsp3) is 0.0909. The summed E-state index contributed by atoms with van der Waals surface area (Å²) < 4.78 is 22.1. The lowest BCUT2D eigenvalue weighted by Crippen LogP contribution is -2.11. The van der Waals surface area contributed by atoms with E-state index in [0.29, 0.717) is 0 Å². The largest absolute Gasteiger partial charge is 0.238 e. The molecule has 0 saturated carbocycles. The van der Waals surface area contributed by atoms with Crippen molar-refractivity contribution < 1.29 is 8.42 Å². The molecule has 0 aliphatic heterocycles. The number of nitrogens with two attached hydrogens (primary N) is 1. The predicted molar refractivity (Wildman–Crippen MR) is 65.9 cm³/mol. The van der Waals surface area contributed by atoms with E-state index in [4.69, 9.17) is 5.14 Å². The number of primary sulfonamides is 1. The molecule has 1 aromatic heterocycles.